The van der Waals surface area contributed by atoms with Crippen LogP contribution in [0.3, 0.4) is 0 Å². The van der Waals surface area contributed by atoms with Crippen molar-refractivity contribution in [3.63, 3.8) is 0 Å². The van der Waals surface area contributed by atoms with Crippen molar-refractivity contribution in [1.82, 2.24) is 4.98 Å². The summed E-state index contributed by atoms with van der Waals surface area (Å²) in [6, 6.07) is 11.4. The largest absolute Gasteiger partial charge is 0.456 e. The molecule has 0 saturated carbocycles. The zero-order valence-corrected chi connectivity index (χ0v) is 11.4. The number of para-hydroxylation sites is 1. The molecule has 0 saturated heterocycles. The van der Waals surface area contributed by atoms with Crippen LogP contribution in [0.5, 0.6) is 0 Å². The number of anilines is 1. The van der Waals surface area contributed by atoms with Crippen LogP contribution >= 0.6 is 11.3 Å². The molecule has 0 aliphatic carbocycles. The Kier molecular flexibility index (Phi) is 3.35. The van der Waals surface area contributed by atoms with Gasteiger partial charge in [-0.1, -0.05) is 24.3 Å². The number of nitrogens with two attached hydrogens (primary N) is 1. The lowest BCUT2D eigenvalue weighted by Crippen LogP contribution is -2.06. The van der Waals surface area contributed by atoms with Crippen molar-refractivity contribution >= 4 is 33.9 Å². The molecule has 2 N–H and O–H groups in total. The first-order chi connectivity index (χ1) is 9.75. The number of thiophene rings is 1. The van der Waals surface area contributed by atoms with Crippen molar-refractivity contribution in [2.45, 2.75) is 6.61 Å². The summed E-state index contributed by atoms with van der Waals surface area (Å²) in [5.74, 6) is -0.398. The number of hydrogen-bond acceptors (Lipinski definition) is 5. The second-order valence-corrected chi connectivity index (χ2v) is 5.19. The van der Waals surface area contributed by atoms with Crippen LogP contribution in [0.25, 0.3) is 10.9 Å². The van der Waals surface area contributed by atoms with Crippen LogP contribution in [0.15, 0.2) is 48.0 Å². The SMILES string of the molecule is Nc1ccsc1C(=O)OCc1cccc2cccnc12. The van der Waals surface area contributed by atoms with Crippen molar-refractivity contribution in [3.8, 4) is 0 Å². The minimum absolute atomic E-state index is 0.185. The molecule has 0 aliphatic rings. The number of nitrogens with zero attached hydrogens (tertiary/aromatic N) is 1. The first kappa shape index (κ1) is 12.6. The van der Waals surface area contributed by atoms with Crippen molar-refractivity contribution in [3.05, 3.63) is 58.4 Å². The van der Waals surface area contributed by atoms with Gasteiger partial charge < -0.3 is 10.5 Å². The van der Waals surface area contributed by atoms with Gasteiger partial charge in [-0.05, 0) is 17.5 Å². The molecule has 0 unspecified atom stereocenters. The minimum Gasteiger partial charge on any atom is -0.456 e. The number of rotatable bonds is 3. The van der Waals surface area contributed by atoms with Crippen LogP contribution in [0.2, 0.25) is 0 Å². The number of esters is 1. The summed E-state index contributed by atoms with van der Waals surface area (Å²) in [5, 5.41) is 2.79. The molecule has 20 heavy (non-hydrogen) atoms. The van der Waals surface area contributed by atoms with E-state index in [-0.39, 0.29) is 6.61 Å². The first-order valence-corrected chi connectivity index (χ1v) is 6.96. The van der Waals surface area contributed by atoms with E-state index in [2.05, 4.69) is 4.98 Å². The van der Waals surface area contributed by atoms with Gasteiger partial charge in [-0.25, -0.2) is 4.79 Å². The second kappa shape index (κ2) is 5.30. The monoisotopic (exact) mass is 284 g/mol. The quantitative estimate of drug-likeness (QED) is 0.750. The van der Waals surface area contributed by atoms with E-state index in [0.717, 1.165) is 16.5 Å². The van der Waals surface area contributed by atoms with Gasteiger partial charge in [0, 0.05) is 17.1 Å². The third-order valence-electron chi connectivity index (χ3n) is 2.96. The summed E-state index contributed by atoms with van der Waals surface area (Å²) < 4.78 is 5.31. The van der Waals surface area contributed by atoms with Crippen LogP contribution < -0.4 is 5.73 Å². The molecule has 0 radical (unpaired) electrons. The van der Waals surface area contributed by atoms with Crippen molar-refractivity contribution in [2.75, 3.05) is 5.73 Å². The molecule has 0 spiro atoms. The highest BCUT2D eigenvalue weighted by Crippen LogP contribution is 2.21. The van der Waals surface area contributed by atoms with Gasteiger partial charge in [-0.2, -0.15) is 0 Å². The Bertz CT molecular complexity index is 762. The van der Waals surface area contributed by atoms with E-state index in [9.17, 15) is 4.79 Å². The van der Waals surface area contributed by atoms with E-state index >= 15 is 0 Å². The maximum absolute atomic E-state index is 11.9. The summed E-state index contributed by atoms with van der Waals surface area (Å²) in [5.41, 5.74) is 7.88. The van der Waals surface area contributed by atoms with Crippen molar-refractivity contribution in [2.24, 2.45) is 0 Å². The van der Waals surface area contributed by atoms with Gasteiger partial charge in [0.25, 0.3) is 0 Å². The van der Waals surface area contributed by atoms with Gasteiger partial charge in [0.15, 0.2) is 0 Å². The number of benzene rings is 1. The van der Waals surface area contributed by atoms with Crippen LogP contribution in [-0.4, -0.2) is 11.0 Å². The zero-order chi connectivity index (χ0) is 13.9. The number of carbonyl (C=O) groups is 1. The fourth-order valence-electron chi connectivity index (χ4n) is 1.98. The molecule has 3 rings (SSSR count). The molecule has 2 aromatic heterocycles. The molecule has 0 aliphatic heterocycles. The molecule has 100 valence electrons. The number of ether oxygens (including phenoxy) is 1. The number of hydrogen-bond donors (Lipinski definition) is 1. The van der Waals surface area contributed by atoms with E-state index in [0.29, 0.717) is 10.6 Å². The van der Waals surface area contributed by atoms with Gasteiger partial charge in [0.1, 0.15) is 11.5 Å². The van der Waals surface area contributed by atoms with Crippen LogP contribution in [-0.2, 0) is 11.3 Å². The number of carbonyl (C=O) groups excluding carboxylic acids is 1. The molecular weight excluding hydrogens is 272 g/mol. The van der Waals surface area contributed by atoms with Gasteiger partial charge in [0.2, 0.25) is 0 Å². The second-order valence-electron chi connectivity index (χ2n) is 4.27. The highest BCUT2D eigenvalue weighted by molar-refractivity contribution is 7.12. The number of nitrogen functional groups attached to an aromatic ring is 1. The van der Waals surface area contributed by atoms with Crippen LogP contribution in [0.4, 0.5) is 5.69 Å². The highest BCUT2D eigenvalue weighted by Gasteiger charge is 2.13. The smallest absolute Gasteiger partial charge is 0.350 e. The normalized spacial score (nSPS) is 10.6. The zero-order valence-electron chi connectivity index (χ0n) is 10.6. The molecular formula is C15H12N2O2S. The lowest BCUT2D eigenvalue weighted by Gasteiger charge is -2.07. The number of fused-ring (bicyclic) bond motifs is 1. The van der Waals surface area contributed by atoms with Crippen molar-refractivity contribution < 1.29 is 9.53 Å². The molecule has 5 heteroatoms. The summed E-state index contributed by atoms with van der Waals surface area (Å²) in [4.78, 5) is 16.7. The average molecular weight is 284 g/mol. The summed E-state index contributed by atoms with van der Waals surface area (Å²) in [6.45, 7) is 0.185. The fourth-order valence-corrected chi connectivity index (χ4v) is 2.69. The number of aromatic nitrogens is 1. The summed E-state index contributed by atoms with van der Waals surface area (Å²) >= 11 is 1.28. The lowest BCUT2D eigenvalue weighted by atomic mass is 10.1. The predicted octanol–water partition coefficient (Wildman–Crippen LogP) is 3.24. The third kappa shape index (κ3) is 2.35. The average Bonchev–Trinajstić information content (AvgIpc) is 2.91. The minimum atomic E-state index is -0.398. The molecule has 3 aromatic rings. The Balaban J connectivity index is 1.81. The highest BCUT2D eigenvalue weighted by atomic mass is 32.1. The number of pyridine rings is 1. The molecule has 0 amide bonds. The molecule has 1 aromatic carbocycles. The van der Waals surface area contributed by atoms with Gasteiger partial charge in [-0.15, -0.1) is 11.3 Å². The predicted molar refractivity (Wildman–Crippen MR) is 79.6 cm³/mol. The van der Waals surface area contributed by atoms with E-state index in [1.165, 1.54) is 11.3 Å². The van der Waals surface area contributed by atoms with Crippen molar-refractivity contribution in [1.29, 1.82) is 0 Å². The maximum Gasteiger partial charge on any atom is 0.350 e. The lowest BCUT2D eigenvalue weighted by molar-refractivity contribution is 0.0481. The van der Waals surface area contributed by atoms with Gasteiger partial charge in [0.05, 0.1) is 11.2 Å². The van der Waals surface area contributed by atoms with Crippen LogP contribution in [0, 0.1) is 0 Å². The Morgan fingerprint density at radius 2 is 2.10 bits per heavy atom. The Hall–Kier alpha value is -2.40. The Morgan fingerprint density at radius 3 is 2.90 bits per heavy atom. The molecule has 0 atom stereocenters. The van der Waals surface area contributed by atoms with Gasteiger partial charge in [-0.3, -0.25) is 4.98 Å². The summed E-state index contributed by atoms with van der Waals surface area (Å²) in [6.07, 6.45) is 1.73. The van der Waals surface area contributed by atoms with Crippen LogP contribution in [0.1, 0.15) is 15.2 Å². The Morgan fingerprint density at radius 1 is 1.25 bits per heavy atom. The van der Waals surface area contributed by atoms with E-state index in [1.807, 2.05) is 30.3 Å². The topological polar surface area (TPSA) is 65.2 Å². The third-order valence-corrected chi connectivity index (χ3v) is 3.87. The molecule has 4 nitrogen and oxygen atoms in total. The van der Waals surface area contributed by atoms with E-state index in [1.54, 1.807) is 17.6 Å². The molecule has 0 bridgehead atoms. The summed E-state index contributed by atoms with van der Waals surface area (Å²) in [7, 11) is 0. The first-order valence-electron chi connectivity index (χ1n) is 6.08. The fraction of sp³-hybridized carbons (Fsp3) is 0.0667. The molecule has 0 fully saturated rings. The molecule has 2 heterocycles. The maximum atomic E-state index is 11.9. The van der Waals surface area contributed by atoms with E-state index in [4.69, 9.17) is 10.5 Å². The standard InChI is InChI=1S/C15H12N2O2S/c16-12-6-8-20-14(12)15(18)19-9-11-4-1-3-10-5-2-7-17-13(10)11/h1-8H,9,16H2. The Labute approximate surface area is 119 Å². The van der Waals surface area contributed by atoms with E-state index < -0.39 is 5.97 Å². The van der Waals surface area contributed by atoms with Gasteiger partial charge >= 0.3 is 5.97 Å².